The minimum Gasteiger partial charge on any atom is -0.384 e. The summed E-state index contributed by atoms with van der Waals surface area (Å²) < 4.78 is 0. The Kier molecular flexibility index (Phi) is 3.03. The van der Waals surface area contributed by atoms with Gasteiger partial charge < -0.3 is 5.11 Å². The van der Waals surface area contributed by atoms with Crippen molar-refractivity contribution in [2.24, 2.45) is 17.3 Å². The average Bonchev–Trinajstić information content (AvgIpc) is 3.23. The van der Waals surface area contributed by atoms with E-state index in [-0.39, 0.29) is 22.8 Å². The van der Waals surface area contributed by atoms with Gasteiger partial charge in [0.2, 0.25) is 0 Å². The fraction of sp³-hybridized carbons (Fsp3) is 0.389. The van der Waals surface area contributed by atoms with Crippen LogP contribution >= 0.6 is 0 Å². The molecule has 4 rings (SSSR count). The lowest BCUT2D eigenvalue weighted by Crippen LogP contribution is -2.33. The summed E-state index contributed by atoms with van der Waals surface area (Å²) in [6, 6.07) is 5.74. The molecule has 1 aromatic carbocycles. The van der Waals surface area contributed by atoms with Crippen molar-refractivity contribution in [3.05, 3.63) is 63.7 Å². The quantitative estimate of drug-likeness (QED) is 0.528. The fourth-order valence-corrected chi connectivity index (χ4v) is 4.41. The summed E-state index contributed by atoms with van der Waals surface area (Å²) in [6.45, 7) is 0. The van der Waals surface area contributed by atoms with E-state index in [9.17, 15) is 20.0 Å². The van der Waals surface area contributed by atoms with Gasteiger partial charge in [-0.05, 0) is 48.8 Å². The first-order valence-electron chi connectivity index (χ1n) is 7.87. The number of carbonyl (C=O) groups excluding carboxylic acids is 1. The number of Topliss-reactive ketones (excluding diaryl/α,β-unsaturated/α-hetero) is 1. The van der Waals surface area contributed by atoms with E-state index in [1.54, 1.807) is 0 Å². The second-order valence-electron chi connectivity index (χ2n) is 6.79. The summed E-state index contributed by atoms with van der Waals surface area (Å²) >= 11 is 0. The Morgan fingerprint density at radius 3 is 2.57 bits per heavy atom. The van der Waals surface area contributed by atoms with Crippen LogP contribution in [0.5, 0.6) is 0 Å². The van der Waals surface area contributed by atoms with Gasteiger partial charge in [0.15, 0.2) is 5.78 Å². The second-order valence-corrected chi connectivity index (χ2v) is 6.79. The minimum atomic E-state index is -1.01. The summed E-state index contributed by atoms with van der Waals surface area (Å²) in [5.74, 6) is 0.839. The van der Waals surface area contributed by atoms with Crippen LogP contribution in [0, 0.1) is 27.4 Å². The van der Waals surface area contributed by atoms with Gasteiger partial charge >= 0.3 is 0 Å². The van der Waals surface area contributed by atoms with Gasteiger partial charge in [-0.3, -0.25) is 14.9 Å². The Balaban J connectivity index is 1.58. The average molecular weight is 311 g/mol. The lowest BCUT2D eigenvalue weighted by molar-refractivity contribution is -0.384. The molecule has 118 valence electrons. The molecule has 0 heterocycles. The number of ketones is 1. The number of benzene rings is 1. The molecular formula is C18H17NO4. The Bertz CT molecular complexity index is 749. The van der Waals surface area contributed by atoms with E-state index in [2.05, 4.69) is 12.2 Å². The van der Waals surface area contributed by atoms with Crippen molar-refractivity contribution >= 4 is 11.5 Å². The van der Waals surface area contributed by atoms with Crippen LogP contribution in [0.3, 0.4) is 0 Å². The number of non-ortho nitro benzene ring substituents is 1. The first-order chi connectivity index (χ1) is 11.0. The summed E-state index contributed by atoms with van der Waals surface area (Å²) in [5.41, 5.74) is 0.587. The maximum absolute atomic E-state index is 12.9. The zero-order valence-corrected chi connectivity index (χ0v) is 12.5. The van der Waals surface area contributed by atoms with Crippen molar-refractivity contribution in [1.82, 2.24) is 0 Å². The highest BCUT2D eigenvalue weighted by Crippen LogP contribution is 2.58. The molecule has 23 heavy (non-hydrogen) atoms. The highest BCUT2D eigenvalue weighted by Gasteiger charge is 2.56. The van der Waals surface area contributed by atoms with Crippen LogP contribution in [0.25, 0.3) is 0 Å². The summed E-state index contributed by atoms with van der Waals surface area (Å²) in [5, 5.41) is 21.3. The Hall–Kier alpha value is -2.27. The SMILES string of the molecule is O=C1C([C@H](O)c2ccc([N+](=O)[O-])cc2)=CC[C@@]12C[C@H]1C=C[C@@H]2C1. The van der Waals surface area contributed by atoms with E-state index in [1.165, 1.54) is 24.3 Å². The van der Waals surface area contributed by atoms with E-state index < -0.39 is 11.0 Å². The molecule has 3 aliphatic rings. The largest absolute Gasteiger partial charge is 0.384 e. The Morgan fingerprint density at radius 2 is 2.00 bits per heavy atom. The van der Waals surface area contributed by atoms with Crippen LogP contribution in [0.4, 0.5) is 5.69 Å². The van der Waals surface area contributed by atoms with Crippen molar-refractivity contribution in [3.8, 4) is 0 Å². The van der Waals surface area contributed by atoms with Crippen LogP contribution < -0.4 is 0 Å². The van der Waals surface area contributed by atoms with Crippen LogP contribution in [-0.4, -0.2) is 15.8 Å². The van der Waals surface area contributed by atoms with Crippen molar-refractivity contribution in [3.63, 3.8) is 0 Å². The summed E-state index contributed by atoms with van der Waals surface area (Å²) in [6.07, 6.45) is 7.82. The molecule has 1 N–H and O–H groups in total. The third-order valence-electron chi connectivity index (χ3n) is 5.62. The maximum atomic E-state index is 12.9. The van der Waals surface area contributed by atoms with Gasteiger partial charge in [-0.25, -0.2) is 0 Å². The Labute approximate surface area is 133 Å². The minimum absolute atomic E-state index is 0.0256. The third-order valence-corrected chi connectivity index (χ3v) is 5.62. The number of hydrogen-bond acceptors (Lipinski definition) is 4. The van der Waals surface area contributed by atoms with Crippen LogP contribution in [0.2, 0.25) is 0 Å². The molecule has 0 unspecified atom stereocenters. The number of aliphatic hydroxyl groups excluding tert-OH is 1. The monoisotopic (exact) mass is 311 g/mol. The topological polar surface area (TPSA) is 80.4 Å². The molecule has 0 aromatic heterocycles. The number of nitro groups is 1. The predicted octanol–water partition coefficient (Wildman–Crippen LogP) is 3.11. The highest BCUT2D eigenvalue weighted by molar-refractivity contribution is 6.04. The van der Waals surface area contributed by atoms with Crippen molar-refractivity contribution < 1.29 is 14.8 Å². The number of allylic oxidation sites excluding steroid dienone is 3. The van der Waals surface area contributed by atoms with Crippen molar-refractivity contribution in [2.75, 3.05) is 0 Å². The van der Waals surface area contributed by atoms with E-state index >= 15 is 0 Å². The van der Waals surface area contributed by atoms with E-state index in [4.69, 9.17) is 0 Å². The smallest absolute Gasteiger partial charge is 0.269 e. The van der Waals surface area contributed by atoms with Crippen LogP contribution in [-0.2, 0) is 4.79 Å². The number of fused-ring (bicyclic) bond motifs is 3. The van der Waals surface area contributed by atoms with Crippen molar-refractivity contribution in [1.29, 1.82) is 0 Å². The van der Waals surface area contributed by atoms with Gasteiger partial charge in [0.05, 0.1) is 4.92 Å². The van der Waals surface area contributed by atoms with Gasteiger partial charge in [0, 0.05) is 23.1 Å². The summed E-state index contributed by atoms with van der Waals surface area (Å²) in [4.78, 5) is 23.2. The predicted molar refractivity (Wildman–Crippen MR) is 83.6 cm³/mol. The molecule has 4 atom stereocenters. The van der Waals surface area contributed by atoms with Crippen LogP contribution in [0.1, 0.15) is 30.9 Å². The molecule has 0 radical (unpaired) electrons. The normalized spacial score (nSPS) is 32.6. The van der Waals surface area contributed by atoms with Gasteiger partial charge in [0.25, 0.3) is 5.69 Å². The van der Waals surface area contributed by atoms with Gasteiger partial charge in [-0.1, -0.05) is 18.2 Å². The molecule has 0 aliphatic heterocycles. The molecule has 1 aromatic rings. The number of aliphatic hydroxyl groups is 1. The summed E-state index contributed by atoms with van der Waals surface area (Å²) in [7, 11) is 0. The molecule has 3 aliphatic carbocycles. The van der Waals surface area contributed by atoms with E-state index in [0.717, 1.165) is 12.8 Å². The second kappa shape index (κ2) is 4.86. The maximum Gasteiger partial charge on any atom is 0.269 e. The number of rotatable bonds is 3. The molecule has 0 amide bonds. The molecule has 1 saturated carbocycles. The fourth-order valence-electron chi connectivity index (χ4n) is 4.41. The molecule has 5 heteroatoms. The van der Waals surface area contributed by atoms with Gasteiger partial charge in [0.1, 0.15) is 6.10 Å². The third kappa shape index (κ3) is 2.00. The zero-order chi connectivity index (χ0) is 16.2. The van der Waals surface area contributed by atoms with Gasteiger partial charge in [-0.2, -0.15) is 0 Å². The van der Waals surface area contributed by atoms with E-state index in [1.807, 2.05) is 6.08 Å². The highest BCUT2D eigenvalue weighted by atomic mass is 16.6. The number of nitro benzene ring substituents is 1. The first-order valence-corrected chi connectivity index (χ1v) is 7.87. The number of hydrogen-bond donors (Lipinski definition) is 1. The Morgan fingerprint density at radius 1 is 1.26 bits per heavy atom. The number of carbonyl (C=O) groups is 1. The standard InChI is InChI=1S/C18H17NO4/c20-16(12-2-5-14(6-3-12)19(22)23)15-7-8-18(17(15)21)10-11-1-4-13(18)9-11/h1-7,11,13,16,20H,8-10H2/t11-,13+,16+,18-/m0/s1. The molecule has 1 spiro atoms. The zero-order valence-electron chi connectivity index (χ0n) is 12.5. The van der Waals surface area contributed by atoms with Crippen molar-refractivity contribution in [2.45, 2.75) is 25.4 Å². The molecular weight excluding hydrogens is 294 g/mol. The van der Waals surface area contributed by atoms with E-state index in [0.29, 0.717) is 23.5 Å². The lowest BCUT2D eigenvalue weighted by atomic mass is 9.72. The van der Waals surface area contributed by atoms with Gasteiger partial charge in [-0.15, -0.1) is 0 Å². The first kappa shape index (κ1) is 14.3. The number of nitrogens with zero attached hydrogens (tertiary/aromatic N) is 1. The molecule has 2 bridgehead atoms. The van der Waals surface area contributed by atoms with Crippen LogP contribution in [0.15, 0.2) is 48.1 Å². The lowest BCUT2D eigenvalue weighted by Gasteiger charge is -2.30. The molecule has 1 fully saturated rings. The molecule has 0 saturated heterocycles. The molecule has 5 nitrogen and oxygen atoms in total.